The number of benzene rings is 3. The lowest BCUT2D eigenvalue weighted by Crippen LogP contribution is -2.40. The highest BCUT2D eigenvalue weighted by Gasteiger charge is 2.16. The van der Waals surface area contributed by atoms with Crippen LogP contribution in [0.25, 0.3) is 22.4 Å². The molecule has 4 N–H and O–H groups in total. The minimum absolute atomic E-state index is 0.0253. The number of anilines is 2. The molecule has 38 heavy (non-hydrogen) atoms. The van der Waals surface area contributed by atoms with E-state index < -0.39 is 11.8 Å². The average molecular weight is 512 g/mol. The molecule has 0 spiro atoms. The Labute approximate surface area is 225 Å². The van der Waals surface area contributed by atoms with E-state index in [0.29, 0.717) is 0 Å². The normalized spacial score (nSPS) is 16.1. The molecule has 0 saturated carbocycles. The van der Waals surface area contributed by atoms with Gasteiger partial charge < -0.3 is 21.5 Å². The van der Waals surface area contributed by atoms with Crippen molar-refractivity contribution in [3.05, 3.63) is 83.9 Å². The maximum atomic E-state index is 11.8. The number of nitrogens with zero attached hydrogens (tertiary/aromatic N) is 1. The summed E-state index contributed by atoms with van der Waals surface area (Å²) in [7, 11) is 0. The standard InChI is InChI=1S/C29H31N5O2.C2H6/c1-5-19-10-11-21(29(2,3)4)16-26(19)34-33-25-13-12-22(23-8-6-7-9-24(23)25)20-14-15-31-27(35)28(36)32-18-30-17-20;1-2/h5-14,16-17,33-34H,1,15,18H2,2-4H3,(H,31,35)(H,32,36);1-2H3/b20-14+,30-17-;. The van der Waals surface area contributed by atoms with Gasteiger partial charge in [-0.1, -0.05) is 95.8 Å². The highest BCUT2D eigenvalue weighted by atomic mass is 16.2. The largest absolute Gasteiger partial charge is 0.344 e. The van der Waals surface area contributed by atoms with Crippen molar-refractivity contribution in [1.29, 1.82) is 0 Å². The fraction of sp³-hybridized carbons (Fsp3) is 0.258. The molecule has 0 atom stereocenters. The summed E-state index contributed by atoms with van der Waals surface area (Å²) in [5, 5.41) is 7.14. The zero-order valence-electron chi connectivity index (χ0n) is 22.8. The van der Waals surface area contributed by atoms with E-state index in [9.17, 15) is 9.59 Å². The summed E-state index contributed by atoms with van der Waals surface area (Å²) in [5.41, 5.74) is 12.7. The third-order valence-electron chi connectivity index (χ3n) is 6.06. The Kier molecular flexibility index (Phi) is 9.44. The number of rotatable bonds is 5. The number of carbonyl (C=O) groups is 2. The topological polar surface area (TPSA) is 94.6 Å². The third kappa shape index (κ3) is 6.68. The molecule has 0 radical (unpaired) electrons. The predicted molar refractivity (Wildman–Crippen MR) is 160 cm³/mol. The highest BCUT2D eigenvalue weighted by Crippen LogP contribution is 2.32. The van der Waals surface area contributed by atoms with Gasteiger partial charge in [-0.25, -0.2) is 0 Å². The number of amides is 2. The third-order valence-corrected chi connectivity index (χ3v) is 6.06. The molecular weight excluding hydrogens is 474 g/mol. The predicted octanol–water partition coefficient (Wildman–Crippen LogP) is 5.90. The second kappa shape index (κ2) is 12.7. The first-order chi connectivity index (χ1) is 18.3. The highest BCUT2D eigenvalue weighted by molar-refractivity contribution is 6.35. The first-order valence-corrected chi connectivity index (χ1v) is 12.8. The molecule has 3 aromatic carbocycles. The number of aliphatic imine (C=N–C) groups is 1. The number of hydrazine groups is 1. The summed E-state index contributed by atoms with van der Waals surface area (Å²) in [6.45, 7) is 14.8. The molecule has 0 aliphatic carbocycles. The molecule has 0 bridgehead atoms. The molecule has 1 aliphatic heterocycles. The van der Waals surface area contributed by atoms with E-state index in [1.165, 1.54) is 5.56 Å². The summed E-state index contributed by atoms with van der Waals surface area (Å²) < 4.78 is 0. The Bertz CT molecular complexity index is 1380. The van der Waals surface area contributed by atoms with Gasteiger partial charge in [0, 0.05) is 18.1 Å². The van der Waals surface area contributed by atoms with Gasteiger partial charge in [0.25, 0.3) is 0 Å². The molecular formula is C31H37N5O2. The Balaban J connectivity index is 0.00000195. The molecule has 1 heterocycles. The summed E-state index contributed by atoms with van der Waals surface area (Å²) in [6, 6.07) is 18.5. The Hall–Kier alpha value is -4.39. The molecule has 7 heteroatoms. The van der Waals surface area contributed by atoms with Crippen LogP contribution in [-0.2, 0) is 15.0 Å². The second-order valence-corrected chi connectivity index (χ2v) is 9.56. The van der Waals surface area contributed by atoms with Crippen molar-refractivity contribution in [1.82, 2.24) is 10.6 Å². The molecule has 2 amide bonds. The zero-order valence-corrected chi connectivity index (χ0v) is 22.8. The molecule has 0 fully saturated rings. The smallest absolute Gasteiger partial charge is 0.310 e. The van der Waals surface area contributed by atoms with Crippen LogP contribution in [0, 0.1) is 0 Å². The van der Waals surface area contributed by atoms with E-state index in [4.69, 9.17) is 0 Å². The van der Waals surface area contributed by atoms with Crippen LogP contribution in [0.5, 0.6) is 0 Å². The van der Waals surface area contributed by atoms with E-state index in [-0.39, 0.29) is 18.6 Å². The molecule has 0 saturated heterocycles. The van der Waals surface area contributed by atoms with Gasteiger partial charge in [-0.15, -0.1) is 0 Å². The van der Waals surface area contributed by atoms with E-state index in [1.807, 2.05) is 50.3 Å². The maximum absolute atomic E-state index is 11.8. The average Bonchev–Trinajstić information content (AvgIpc) is 2.93. The van der Waals surface area contributed by atoms with Crippen LogP contribution in [0.1, 0.15) is 51.3 Å². The van der Waals surface area contributed by atoms with E-state index in [1.54, 1.807) is 6.21 Å². The van der Waals surface area contributed by atoms with Gasteiger partial charge in [-0.2, -0.15) is 0 Å². The number of carbonyl (C=O) groups excluding carboxylic acids is 2. The first kappa shape index (κ1) is 28.2. The SMILES string of the molecule is C=Cc1ccc(C(C)(C)C)cc1NNc1ccc(C2=C/CNC(=O)C(=O)NC/N=C\2)c2ccccc12.CC. The van der Waals surface area contributed by atoms with Crippen LogP contribution in [0.3, 0.4) is 0 Å². The number of allylic oxidation sites excluding steroid dienone is 1. The lowest BCUT2D eigenvalue weighted by molar-refractivity contribution is -0.139. The van der Waals surface area contributed by atoms with E-state index in [0.717, 1.165) is 38.8 Å². The number of fused-ring (bicyclic) bond motifs is 1. The number of hydrogen-bond acceptors (Lipinski definition) is 5. The van der Waals surface area contributed by atoms with Gasteiger partial charge in [0.2, 0.25) is 0 Å². The van der Waals surface area contributed by atoms with Crippen molar-refractivity contribution < 1.29 is 9.59 Å². The van der Waals surface area contributed by atoms with Gasteiger partial charge in [0.15, 0.2) is 0 Å². The van der Waals surface area contributed by atoms with Crippen molar-refractivity contribution in [2.24, 2.45) is 4.99 Å². The van der Waals surface area contributed by atoms with Crippen LogP contribution < -0.4 is 21.5 Å². The van der Waals surface area contributed by atoms with Crippen molar-refractivity contribution in [2.75, 3.05) is 24.1 Å². The van der Waals surface area contributed by atoms with Gasteiger partial charge >= 0.3 is 11.8 Å². The van der Waals surface area contributed by atoms with Crippen molar-refractivity contribution >= 4 is 51.8 Å². The second-order valence-electron chi connectivity index (χ2n) is 9.56. The molecule has 7 nitrogen and oxygen atoms in total. The fourth-order valence-corrected chi connectivity index (χ4v) is 4.01. The molecule has 1 aliphatic rings. The van der Waals surface area contributed by atoms with Crippen molar-refractivity contribution in [3.8, 4) is 0 Å². The zero-order chi connectivity index (χ0) is 27.7. The number of hydrogen-bond donors (Lipinski definition) is 4. The van der Waals surface area contributed by atoms with Crippen LogP contribution in [0.15, 0.2) is 72.2 Å². The maximum Gasteiger partial charge on any atom is 0.310 e. The summed E-state index contributed by atoms with van der Waals surface area (Å²) in [6.07, 6.45) is 5.42. The van der Waals surface area contributed by atoms with Gasteiger partial charge in [0.1, 0.15) is 6.67 Å². The molecule has 0 aromatic heterocycles. The van der Waals surface area contributed by atoms with Gasteiger partial charge in [-0.05, 0) is 45.2 Å². The lowest BCUT2D eigenvalue weighted by Gasteiger charge is -2.22. The minimum atomic E-state index is -0.690. The molecule has 198 valence electrons. The molecule has 3 aromatic rings. The van der Waals surface area contributed by atoms with Gasteiger partial charge in [0.05, 0.1) is 11.4 Å². The molecule has 4 rings (SSSR count). The summed E-state index contributed by atoms with van der Waals surface area (Å²) >= 11 is 0. The molecule has 0 unspecified atom stereocenters. The van der Waals surface area contributed by atoms with E-state index >= 15 is 0 Å². The Morgan fingerprint density at radius 2 is 1.58 bits per heavy atom. The fourth-order valence-electron chi connectivity index (χ4n) is 4.01. The monoisotopic (exact) mass is 511 g/mol. The quantitative estimate of drug-likeness (QED) is 0.253. The lowest BCUT2D eigenvalue weighted by atomic mass is 9.86. The Morgan fingerprint density at radius 1 is 0.895 bits per heavy atom. The summed E-state index contributed by atoms with van der Waals surface area (Å²) in [4.78, 5) is 27.7. The minimum Gasteiger partial charge on any atom is -0.344 e. The number of nitrogens with one attached hydrogen (secondary N) is 4. The Morgan fingerprint density at radius 3 is 2.29 bits per heavy atom. The van der Waals surface area contributed by atoms with Crippen molar-refractivity contribution in [2.45, 2.75) is 40.0 Å². The van der Waals surface area contributed by atoms with Crippen LogP contribution >= 0.6 is 0 Å². The van der Waals surface area contributed by atoms with Crippen LogP contribution in [0.4, 0.5) is 11.4 Å². The van der Waals surface area contributed by atoms with Gasteiger partial charge in [-0.3, -0.25) is 14.6 Å². The first-order valence-electron chi connectivity index (χ1n) is 12.8. The van der Waals surface area contributed by atoms with Crippen LogP contribution in [0.2, 0.25) is 0 Å². The van der Waals surface area contributed by atoms with E-state index in [2.05, 4.69) is 84.2 Å². The van der Waals surface area contributed by atoms with Crippen molar-refractivity contribution in [3.63, 3.8) is 0 Å². The van der Waals surface area contributed by atoms with Crippen LogP contribution in [-0.4, -0.2) is 31.2 Å². The summed E-state index contributed by atoms with van der Waals surface area (Å²) in [5.74, 6) is -1.36.